The maximum absolute atomic E-state index is 2.41. The molecule has 0 amide bonds. The predicted octanol–water partition coefficient (Wildman–Crippen LogP) is 5.85. The molecule has 121 valence electrons. The molecule has 0 saturated heterocycles. The Morgan fingerprint density at radius 3 is 1.71 bits per heavy atom. The average molecular weight is 313 g/mol. The van der Waals surface area contributed by atoms with E-state index in [2.05, 4.69) is 91.3 Å². The fourth-order valence-electron chi connectivity index (χ4n) is 3.11. The molecule has 0 saturated carbocycles. The molecule has 0 aliphatic rings. The highest BCUT2D eigenvalue weighted by Crippen LogP contribution is 2.16. The van der Waals surface area contributed by atoms with Crippen LogP contribution in [0.5, 0.6) is 0 Å². The number of unbranched alkanes of at least 4 members (excludes halogenated alkanes) is 1. The summed E-state index contributed by atoms with van der Waals surface area (Å²) in [6.07, 6.45) is 7.98. The summed E-state index contributed by atoms with van der Waals surface area (Å²) in [5, 5.41) is 0. The van der Waals surface area contributed by atoms with Crippen LogP contribution in [0.1, 0.15) is 28.7 Å². The van der Waals surface area contributed by atoms with Gasteiger partial charge in [-0.15, -0.1) is 0 Å². The SMILES string of the molecule is [CH](CCc1ccccc1CCc1ccccc1)Cc1ccccc1. The molecule has 3 rings (SSSR count). The Bertz CT molecular complexity index is 713. The normalized spacial score (nSPS) is 10.7. The topological polar surface area (TPSA) is 0 Å². The van der Waals surface area contributed by atoms with Gasteiger partial charge < -0.3 is 0 Å². The summed E-state index contributed by atoms with van der Waals surface area (Å²) in [5.74, 6) is 0. The lowest BCUT2D eigenvalue weighted by Crippen LogP contribution is -1.98. The minimum Gasteiger partial charge on any atom is -0.0622 e. The predicted molar refractivity (Wildman–Crippen MR) is 103 cm³/mol. The first-order valence-electron chi connectivity index (χ1n) is 8.88. The van der Waals surface area contributed by atoms with Gasteiger partial charge in [-0.25, -0.2) is 0 Å². The molecule has 0 aromatic heterocycles. The maximum Gasteiger partial charge on any atom is -0.0236 e. The molecule has 0 aliphatic carbocycles. The summed E-state index contributed by atoms with van der Waals surface area (Å²) < 4.78 is 0. The van der Waals surface area contributed by atoms with Crippen molar-refractivity contribution in [3.05, 3.63) is 114 Å². The van der Waals surface area contributed by atoms with E-state index in [1.54, 1.807) is 0 Å². The van der Waals surface area contributed by atoms with Crippen LogP contribution in [0.4, 0.5) is 0 Å². The van der Waals surface area contributed by atoms with Crippen molar-refractivity contribution < 1.29 is 0 Å². The zero-order valence-corrected chi connectivity index (χ0v) is 14.2. The second kappa shape index (κ2) is 9.08. The molecule has 0 unspecified atom stereocenters. The van der Waals surface area contributed by atoms with E-state index in [0.29, 0.717) is 0 Å². The molecule has 0 heteroatoms. The van der Waals surface area contributed by atoms with Gasteiger partial charge in [-0.3, -0.25) is 0 Å². The lowest BCUT2D eigenvalue weighted by Gasteiger charge is -2.10. The average Bonchev–Trinajstić information content (AvgIpc) is 2.66. The van der Waals surface area contributed by atoms with Gasteiger partial charge >= 0.3 is 0 Å². The fraction of sp³-hybridized carbons (Fsp3) is 0.208. The fourth-order valence-corrected chi connectivity index (χ4v) is 3.11. The molecule has 3 aromatic rings. The van der Waals surface area contributed by atoms with Crippen LogP contribution >= 0.6 is 0 Å². The van der Waals surface area contributed by atoms with Gasteiger partial charge in [0.2, 0.25) is 0 Å². The van der Waals surface area contributed by atoms with Crippen molar-refractivity contribution in [2.45, 2.75) is 32.1 Å². The van der Waals surface area contributed by atoms with Crippen LogP contribution in [-0.4, -0.2) is 0 Å². The van der Waals surface area contributed by atoms with Crippen molar-refractivity contribution in [2.75, 3.05) is 0 Å². The van der Waals surface area contributed by atoms with Gasteiger partial charge in [-0.05, 0) is 60.8 Å². The van der Waals surface area contributed by atoms with Gasteiger partial charge in [0, 0.05) is 0 Å². The van der Waals surface area contributed by atoms with E-state index in [4.69, 9.17) is 0 Å². The monoisotopic (exact) mass is 313 g/mol. The Morgan fingerprint density at radius 1 is 0.500 bits per heavy atom. The van der Waals surface area contributed by atoms with Crippen molar-refractivity contribution in [1.82, 2.24) is 0 Å². The summed E-state index contributed by atoms with van der Waals surface area (Å²) in [6, 6.07) is 30.4. The van der Waals surface area contributed by atoms with Crippen LogP contribution in [0.2, 0.25) is 0 Å². The van der Waals surface area contributed by atoms with Crippen molar-refractivity contribution in [3.8, 4) is 0 Å². The number of rotatable bonds is 8. The van der Waals surface area contributed by atoms with Crippen LogP contribution in [0.15, 0.2) is 84.9 Å². The third-order valence-corrected chi connectivity index (χ3v) is 4.48. The summed E-state index contributed by atoms with van der Waals surface area (Å²) in [7, 11) is 0. The Morgan fingerprint density at radius 2 is 1.04 bits per heavy atom. The van der Waals surface area contributed by atoms with Gasteiger partial charge in [0.25, 0.3) is 0 Å². The van der Waals surface area contributed by atoms with Crippen molar-refractivity contribution in [1.29, 1.82) is 0 Å². The quantitative estimate of drug-likeness (QED) is 0.457. The van der Waals surface area contributed by atoms with E-state index in [1.165, 1.54) is 22.3 Å². The first kappa shape index (κ1) is 16.5. The molecule has 1 radical (unpaired) electrons. The van der Waals surface area contributed by atoms with Crippen molar-refractivity contribution >= 4 is 0 Å². The zero-order valence-electron chi connectivity index (χ0n) is 14.2. The Labute approximate surface area is 146 Å². The van der Waals surface area contributed by atoms with E-state index in [-0.39, 0.29) is 0 Å². The molecule has 24 heavy (non-hydrogen) atoms. The number of hydrogen-bond donors (Lipinski definition) is 0. The van der Waals surface area contributed by atoms with E-state index >= 15 is 0 Å². The Balaban J connectivity index is 1.50. The van der Waals surface area contributed by atoms with E-state index in [1.807, 2.05) is 0 Å². The number of benzene rings is 3. The van der Waals surface area contributed by atoms with Gasteiger partial charge in [0.1, 0.15) is 0 Å². The van der Waals surface area contributed by atoms with Gasteiger partial charge in [-0.1, -0.05) is 84.9 Å². The standard InChI is InChI=1S/C24H25/c1-3-11-21(12-4-1)15-7-8-16-23-17-9-10-18-24(23)20-19-22-13-5-2-6-14-22/h1-7,9-14,17-18H,8,15-16,19-20H2. The molecular formula is C24H25. The number of hydrogen-bond acceptors (Lipinski definition) is 0. The van der Waals surface area contributed by atoms with E-state index in [9.17, 15) is 0 Å². The zero-order chi connectivity index (χ0) is 16.5. The molecule has 3 aromatic carbocycles. The lowest BCUT2D eigenvalue weighted by molar-refractivity contribution is 0.861. The highest BCUT2D eigenvalue weighted by molar-refractivity contribution is 5.29. The van der Waals surface area contributed by atoms with Crippen molar-refractivity contribution in [3.63, 3.8) is 0 Å². The minimum atomic E-state index is 1.06. The smallest absolute Gasteiger partial charge is 0.0236 e. The van der Waals surface area contributed by atoms with Crippen LogP contribution in [0.25, 0.3) is 0 Å². The molecule has 0 nitrogen and oxygen atoms in total. The molecule has 0 heterocycles. The van der Waals surface area contributed by atoms with Gasteiger partial charge in [-0.2, -0.15) is 0 Å². The van der Waals surface area contributed by atoms with E-state index < -0.39 is 0 Å². The van der Waals surface area contributed by atoms with Crippen molar-refractivity contribution in [2.24, 2.45) is 0 Å². The van der Waals surface area contributed by atoms with Crippen LogP contribution in [0.3, 0.4) is 0 Å². The third kappa shape index (κ3) is 5.09. The summed E-state index contributed by atoms with van der Waals surface area (Å²) in [5.41, 5.74) is 5.81. The molecule has 0 spiro atoms. The minimum absolute atomic E-state index is 1.06. The summed E-state index contributed by atoms with van der Waals surface area (Å²) >= 11 is 0. The number of aryl methyl sites for hydroxylation is 3. The van der Waals surface area contributed by atoms with Gasteiger partial charge in [0.05, 0.1) is 0 Å². The van der Waals surface area contributed by atoms with Crippen LogP contribution in [0, 0.1) is 6.42 Å². The van der Waals surface area contributed by atoms with E-state index in [0.717, 1.165) is 32.1 Å². The third-order valence-electron chi connectivity index (χ3n) is 4.48. The second-order valence-electron chi connectivity index (χ2n) is 6.27. The Hall–Kier alpha value is -2.34. The van der Waals surface area contributed by atoms with Crippen LogP contribution in [-0.2, 0) is 25.7 Å². The molecule has 0 fully saturated rings. The summed E-state index contributed by atoms with van der Waals surface area (Å²) in [6.45, 7) is 0. The molecule has 0 aliphatic heterocycles. The maximum atomic E-state index is 2.41. The van der Waals surface area contributed by atoms with Crippen LogP contribution < -0.4 is 0 Å². The second-order valence-corrected chi connectivity index (χ2v) is 6.27. The Kier molecular flexibility index (Phi) is 6.25. The summed E-state index contributed by atoms with van der Waals surface area (Å²) in [4.78, 5) is 0. The largest absolute Gasteiger partial charge is 0.0622 e. The van der Waals surface area contributed by atoms with Gasteiger partial charge in [0.15, 0.2) is 0 Å². The first-order valence-corrected chi connectivity index (χ1v) is 8.88. The lowest BCUT2D eigenvalue weighted by atomic mass is 9.96. The molecule has 0 N–H and O–H groups in total. The molecule has 0 bridgehead atoms. The molecule has 0 atom stereocenters. The highest BCUT2D eigenvalue weighted by atomic mass is 14.1. The molecular weight excluding hydrogens is 288 g/mol. The first-order chi connectivity index (χ1) is 11.9. The highest BCUT2D eigenvalue weighted by Gasteiger charge is 2.03.